The molecule has 0 fully saturated rings. The molecule has 2 N–H and O–H groups in total. The van der Waals surface area contributed by atoms with Crippen molar-refractivity contribution < 1.29 is 0 Å². The summed E-state index contributed by atoms with van der Waals surface area (Å²) in [7, 11) is 0. The highest BCUT2D eigenvalue weighted by Crippen LogP contribution is 2.07. The summed E-state index contributed by atoms with van der Waals surface area (Å²) in [6.07, 6.45) is 5.47. The minimum Gasteiger partial charge on any atom is -0.370 e. The van der Waals surface area contributed by atoms with Gasteiger partial charge in [0.05, 0.1) is 0 Å². The molecule has 0 atom stereocenters. The van der Waals surface area contributed by atoms with Crippen molar-refractivity contribution in [3.63, 3.8) is 0 Å². The molecule has 0 spiro atoms. The van der Waals surface area contributed by atoms with Crippen LogP contribution in [0.1, 0.15) is 40.0 Å². The Hall–Kier alpha value is -1.32. The number of hydrogen-bond acceptors (Lipinski definition) is 4. The van der Waals surface area contributed by atoms with E-state index in [1.54, 1.807) is 6.20 Å². The van der Waals surface area contributed by atoms with E-state index in [2.05, 4.69) is 41.4 Å². The lowest BCUT2D eigenvalue weighted by Crippen LogP contribution is -2.13. The standard InChI is InChI=1S/C12H22N4/c1-4-5-6-8-13-11-7-9-14-12(16-11)15-10(2)3/h7,9-10H,4-6,8H2,1-3H3,(H2,13,14,15,16). The van der Waals surface area contributed by atoms with Crippen LogP contribution in [0.15, 0.2) is 12.3 Å². The van der Waals surface area contributed by atoms with Crippen molar-refractivity contribution in [3.05, 3.63) is 12.3 Å². The quantitative estimate of drug-likeness (QED) is 0.696. The van der Waals surface area contributed by atoms with Crippen molar-refractivity contribution >= 4 is 11.8 Å². The van der Waals surface area contributed by atoms with Gasteiger partial charge in [0.1, 0.15) is 5.82 Å². The molecule has 0 saturated heterocycles. The average molecular weight is 222 g/mol. The predicted octanol–water partition coefficient (Wildman–Crippen LogP) is 2.90. The summed E-state index contributed by atoms with van der Waals surface area (Å²) < 4.78 is 0. The van der Waals surface area contributed by atoms with Crippen molar-refractivity contribution in [2.75, 3.05) is 17.2 Å². The first kappa shape index (κ1) is 12.7. The zero-order chi connectivity index (χ0) is 11.8. The maximum atomic E-state index is 4.38. The normalized spacial score (nSPS) is 10.5. The lowest BCUT2D eigenvalue weighted by atomic mass is 10.2. The Bertz CT molecular complexity index is 299. The second-order valence-corrected chi connectivity index (χ2v) is 4.20. The second kappa shape index (κ2) is 7.04. The van der Waals surface area contributed by atoms with E-state index >= 15 is 0 Å². The van der Waals surface area contributed by atoms with Gasteiger partial charge in [0.2, 0.25) is 5.95 Å². The smallest absolute Gasteiger partial charge is 0.224 e. The van der Waals surface area contributed by atoms with Gasteiger partial charge in [-0.1, -0.05) is 19.8 Å². The van der Waals surface area contributed by atoms with Gasteiger partial charge < -0.3 is 10.6 Å². The zero-order valence-electron chi connectivity index (χ0n) is 10.5. The third-order valence-corrected chi connectivity index (χ3v) is 2.16. The summed E-state index contributed by atoms with van der Waals surface area (Å²) in [5, 5.41) is 6.49. The molecule has 0 aliphatic rings. The highest BCUT2D eigenvalue weighted by atomic mass is 15.1. The zero-order valence-corrected chi connectivity index (χ0v) is 10.5. The van der Waals surface area contributed by atoms with Crippen molar-refractivity contribution in [2.45, 2.75) is 46.1 Å². The fourth-order valence-electron chi connectivity index (χ4n) is 1.38. The van der Waals surface area contributed by atoms with Crippen molar-refractivity contribution in [1.82, 2.24) is 9.97 Å². The molecular formula is C12H22N4. The first-order valence-corrected chi connectivity index (χ1v) is 6.06. The molecule has 1 aromatic heterocycles. The Labute approximate surface area is 97.9 Å². The van der Waals surface area contributed by atoms with Gasteiger partial charge in [-0.25, -0.2) is 4.98 Å². The van der Waals surface area contributed by atoms with E-state index in [4.69, 9.17) is 0 Å². The Kier molecular flexibility index (Phi) is 5.61. The van der Waals surface area contributed by atoms with Crippen LogP contribution in [0, 0.1) is 0 Å². The van der Waals surface area contributed by atoms with Crippen LogP contribution >= 0.6 is 0 Å². The van der Waals surface area contributed by atoms with E-state index in [1.807, 2.05) is 6.07 Å². The van der Waals surface area contributed by atoms with E-state index in [0.717, 1.165) is 12.4 Å². The fourth-order valence-corrected chi connectivity index (χ4v) is 1.38. The molecule has 0 amide bonds. The van der Waals surface area contributed by atoms with E-state index in [0.29, 0.717) is 12.0 Å². The Morgan fingerprint density at radius 1 is 1.31 bits per heavy atom. The molecule has 0 unspecified atom stereocenters. The highest BCUT2D eigenvalue weighted by Gasteiger charge is 1.99. The van der Waals surface area contributed by atoms with Gasteiger partial charge >= 0.3 is 0 Å². The molecule has 0 radical (unpaired) electrons. The maximum absolute atomic E-state index is 4.38. The summed E-state index contributed by atoms with van der Waals surface area (Å²) in [5.74, 6) is 1.59. The van der Waals surface area contributed by atoms with Gasteiger partial charge in [-0.2, -0.15) is 4.98 Å². The molecule has 4 nitrogen and oxygen atoms in total. The summed E-state index contributed by atoms with van der Waals surface area (Å²) in [6.45, 7) is 7.33. The third kappa shape index (κ3) is 4.96. The number of hydrogen-bond donors (Lipinski definition) is 2. The fraction of sp³-hybridized carbons (Fsp3) is 0.667. The minimum absolute atomic E-state index is 0.357. The van der Waals surface area contributed by atoms with Crippen molar-refractivity contribution in [1.29, 1.82) is 0 Å². The van der Waals surface area contributed by atoms with Crippen LogP contribution < -0.4 is 10.6 Å². The molecular weight excluding hydrogens is 200 g/mol. The summed E-state index contributed by atoms with van der Waals surface area (Å²) in [5.41, 5.74) is 0. The van der Waals surface area contributed by atoms with Crippen LogP contribution in [0.2, 0.25) is 0 Å². The van der Waals surface area contributed by atoms with Crippen LogP contribution in [0.4, 0.5) is 11.8 Å². The molecule has 4 heteroatoms. The molecule has 0 aliphatic heterocycles. The van der Waals surface area contributed by atoms with Crippen LogP contribution in [0.3, 0.4) is 0 Å². The Morgan fingerprint density at radius 2 is 2.12 bits per heavy atom. The SMILES string of the molecule is CCCCCNc1ccnc(NC(C)C)n1. The van der Waals surface area contributed by atoms with Gasteiger partial charge in [-0.05, 0) is 26.3 Å². The summed E-state index contributed by atoms with van der Waals surface area (Å²) in [6, 6.07) is 2.26. The van der Waals surface area contributed by atoms with E-state index < -0.39 is 0 Å². The number of aromatic nitrogens is 2. The lowest BCUT2D eigenvalue weighted by Gasteiger charge is -2.09. The monoisotopic (exact) mass is 222 g/mol. The van der Waals surface area contributed by atoms with Crippen LogP contribution in [-0.2, 0) is 0 Å². The number of unbranched alkanes of at least 4 members (excludes halogenated alkanes) is 2. The first-order chi connectivity index (χ1) is 7.72. The molecule has 0 bridgehead atoms. The van der Waals surface area contributed by atoms with Gasteiger partial charge in [-0.15, -0.1) is 0 Å². The van der Waals surface area contributed by atoms with Crippen LogP contribution in [0.5, 0.6) is 0 Å². The van der Waals surface area contributed by atoms with E-state index in [-0.39, 0.29) is 0 Å². The molecule has 1 rings (SSSR count). The van der Waals surface area contributed by atoms with Gasteiger partial charge in [0.25, 0.3) is 0 Å². The number of nitrogens with zero attached hydrogens (tertiary/aromatic N) is 2. The van der Waals surface area contributed by atoms with E-state index in [9.17, 15) is 0 Å². The highest BCUT2D eigenvalue weighted by molar-refractivity contribution is 5.39. The summed E-state index contributed by atoms with van der Waals surface area (Å²) >= 11 is 0. The van der Waals surface area contributed by atoms with Gasteiger partial charge in [-0.3, -0.25) is 0 Å². The molecule has 1 heterocycles. The average Bonchev–Trinajstić information content (AvgIpc) is 2.24. The topological polar surface area (TPSA) is 49.8 Å². The largest absolute Gasteiger partial charge is 0.370 e. The summed E-state index contributed by atoms with van der Waals surface area (Å²) in [4.78, 5) is 8.54. The maximum Gasteiger partial charge on any atom is 0.224 e. The van der Waals surface area contributed by atoms with Crippen molar-refractivity contribution in [3.8, 4) is 0 Å². The van der Waals surface area contributed by atoms with Crippen LogP contribution in [0.25, 0.3) is 0 Å². The van der Waals surface area contributed by atoms with Gasteiger partial charge in [0.15, 0.2) is 0 Å². The van der Waals surface area contributed by atoms with E-state index in [1.165, 1.54) is 19.3 Å². The number of rotatable bonds is 7. The van der Waals surface area contributed by atoms with Crippen molar-refractivity contribution in [2.24, 2.45) is 0 Å². The Morgan fingerprint density at radius 3 is 2.81 bits per heavy atom. The first-order valence-electron chi connectivity index (χ1n) is 6.06. The third-order valence-electron chi connectivity index (χ3n) is 2.16. The van der Waals surface area contributed by atoms with Gasteiger partial charge in [0, 0.05) is 18.8 Å². The predicted molar refractivity (Wildman–Crippen MR) is 68.8 cm³/mol. The number of anilines is 2. The molecule has 90 valence electrons. The number of nitrogens with one attached hydrogen (secondary N) is 2. The second-order valence-electron chi connectivity index (χ2n) is 4.20. The molecule has 16 heavy (non-hydrogen) atoms. The molecule has 1 aromatic rings. The minimum atomic E-state index is 0.357. The Balaban J connectivity index is 2.41. The van der Waals surface area contributed by atoms with Crippen LogP contribution in [-0.4, -0.2) is 22.6 Å². The lowest BCUT2D eigenvalue weighted by molar-refractivity contribution is 0.742. The molecule has 0 aromatic carbocycles. The molecule has 0 saturated carbocycles. The molecule has 0 aliphatic carbocycles.